The fraction of sp³-hybridized carbons (Fsp3) is 1.00. The fourth-order valence-electron chi connectivity index (χ4n) is 0.469. The molecule has 0 heterocycles. The summed E-state index contributed by atoms with van der Waals surface area (Å²) < 4.78 is 2.14. The van der Waals surface area contributed by atoms with E-state index in [2.05, 4.69) is 25.5 Å². The molecule has 0 fully saturated rings. The van der Waals surface area contributed by atoms with Gasteiger partial charge in [0.05, 0.1) is 0 Å². The van der Waals surface area contributed by atoms with Crippen molar-refractivity contribution in [1.82, 2.24) is 4.31 Å². The Kier molecular flexibility index (Phi) is 7.83. The molecule has 0 aliphatic heterocycles. The SMILES string of the molecule is NCCN(CCN)SI. The van der Waals surface area contributed by atoms with Crippen molar-refractivity contribution in [3.63, 3.8) is 0 Å². The molecule has 4 N–H and O–H groups in total. The van der Waals surface area contributed by atoms with Gasteiger partial charge in [0.25, 0.3) is 0 Å². The quantitative estimate of drug-likeness (QED) is 0.548. The van der Waals surface area contributed by atoms with E-state index in [0.29, 0.717) is 13.1 Å². The van der Waals surface area contributed by atoms with Crippen LogP contribution in [0.4, 0.5) is 0 Å². The summed E-state index contributed by atoms with van der Waals surface area (Å²) in [5.74, 6) is 0. The van der Waals surface area contributed by atoms with E-state index in [0.717, 1.165) is 13.1 Å². The molecular formula is C4H12IN3S. The molecule has 0 bridgehead atoms. The zero-order valence-corrected chi connectivity index (χ0v) is 8.19. The first-order valence-corrected chi connectivity index (χ1v) is 6.10. The van der Waals surface area contributed by atoms with Crippen LogP contribution >= 0.6 is 30.3 Å². The molecule has 9 heavy (non-hydrogen) atoms. The van der Waals surface area contributed by atoms with Crippen molar-refractivity contribution in [2.75, 3.05) is 26.2 Å². The number of hydrogen-bond acceptors (Lipinski definition) is 4. The third-order valence-electron chi connectivity index (χ3n) is 0.855. The van der Waals surface area contributed by atoms with Gasteiger partial charge in [-0.05, 0) is 9.12 Å². The Hall–Kier alpha value is 0.960. The summed E-state index contributed by atoms with van der Waals surface area (Å²) in [7, 11) is 1.66. The van der Waals surface area contributed by atoms with Crippen LogP contribution in [0.15, 0.2) is 0 Å². The highest BCUT2D eigenvalue weighted by Crippen LogP contribution is 2.16. The normalized spacial score (nSPS) is 10.7. The Bertz CT molecular complexity index is 57.8. The Morgan fingerprint density at radius 3 is 1.89 bits per heavy atom. The van der Waals surface area contributed by atoms with Gasteiger partial charge in [-0.2, -0.15) is 0 Å². The van der Waals surface area contributed by atoms with Gasteiger partial charge >= 0.3 is 0 Å². The van der Waals surface area contributed by atoms with E-state index in [4.69, 9.17) is 11.5 Å². The van der Waals surface area contributed by atoms with Gasteiger partial charge in [0.1, 0.15) is 0 Å². The van der Waals surface area contributed by atoms with Crippen molar-refractivity contribution in [2.24, 2.45) is 11.5 Å². The summed E-state index contributed by atoms with van der Waals surface area (Å²) in [6.07, 6.45) is 0. The predicted molar refractivity (Wildman–Crippen MR) is 51.3 cm³/mol. The van der Waals surface area contributed by atoms with Gasteiger partial charge in [-0.1, -0.05) is 0 Å². The smallest absolute Gasteiger partial charge is 0.0220 e. The predicted octanol–water partition coefficient (Wildman–Crippen LogP) is 0.204. The molecule has 0 aromatic rings. The Morgan fingerprint density at radius 1 is 1.22 bits per heavy atom. The minimum absolute atomic E-state index is 0.704. The minimum Gasteiger partial charge on any atom is -0.329 e. The molecule has 0 aliphatic carbocycles. The lowest BCUT2D eigenvalue weighted by atomic mass is 10.6. The molecule has 3 nitrogen and oxygen atoms in total. The van der Waals surface area contributed by atoms with E-state index in [-0.39, 0.29) is 0 Å². The Morgan fingerprint density at radius 2 is 1.67 bits per heavy atom. The fourth-order valence-corrected chi connectivity index (χ4v) is 2.00. The number of halogens is 1. The van der Waals surface area contributed by atoms with Crippen LogP contribution in [0.2, 0.25) is 0 Å². The number of rotatable bonds is 5. The maximum Gasteiger partial charge on any atom is 0.0220 e. The molecule has 0 aromatic heterocycles. The first-order chi connectivity index (χ1) is 4.35. The second-order valence-electron chi connectivity index (χ2n) is 1.58. The van der Waals surface area contributed by atoms with Gasteiger partial charge in [0, 0.05) is 47.4 Å². The zero-order chi connectivity index (χ0) is 7.11. The highest BCUT2D eigenvalue weighted by atomic mass is 127. The molecule has 0 atom stereocenters. The second-order valence-corrected chi connectivity index (χ2v) is 3.41. The van der Waals surface area contributed by atoms with Crippen LogP contribution in [0.25, 0.3) is 0 Å². The first-order valence-electron chi connectivity index (χ1n) is 2.79. The summed E-state index contributed by atoms with van der Waals surface area (Å²) >= 11 is 2.23. The Labute approximate surface area is 72.2 Å². The molecule has 0 aliphatic rings. The van der Waals surface area contributed by atoms with Crippen LogP contribution in [0, 0.1) is 0 Å². The van der Waals surface area contributed by atoms with Crippen LogP contribution in [-0.2, 0) is 0 Å². The number of hydrogen-bond donors (Lipinski definition) is 2. The first kappa shape index (κ1) is 9.96. The lowest BCUT2D eigenvalue weighted by molar-refractivity contribution is 0.497. The maximum absolute atomic E-state index is 5.34. The van der Waals surface area contributed by atoms with E-state index < -0.39 is 0 Å². The van der Waals surface area contributed by atoms with Crippen molar-refractivity contribution in [1.29, 1.82) is 0 Å². The van der Waals surface area contributed by atoms with Crippen LogP contribution in [-0.4, -0.2) is 30.5 Å². The molecule has 0 rings (SSSR count). The topological polar surface area (TPSA) is 55.3 Å². The van der Waals surface area contributed by atoms with Gasteiger partial charge in [-0.25, -0.2) is 4.31 Å². The minimum atomic E-state index is 0.704. The molecule has 0 aromatic carbocycles. The molecule has 0 saturated carbocycles. The largest absolute Gasteiger partial charge is 0.329 e. The molecule has 0 unspecified atom stereocenters. The standard InChI is InChI=1S/C4H12IN3S/c5-9-8(3-1-6)4-2-7/h1-4,6-7H2. The molecule has 0 saturated heterocycles. The van der Waals surface area contributed by atoms with Crippen molar-refractivity contribution in [3.05, 3.63) is 0 Å². The van der Waals surface area contributed by atoms with E-state index in [1.165, 1.54) is 0 Å². The van der Waals surface area contributed by atoms with E-state index in [9.17, 15) is 0 Å². The Balaban J connectivity index is 3.18. The van der Waals surface area contributed by atoms with Crippen LogP contribution in [0.1, 0.15) is 0 Å². The average molecular weight is 261 g/mol. The number of nitrogens with two attached hydrogens (primary N) is 2. The third kappa shape index (κ3) is 5.41. The second kappa shape index (κ2) is 7.07. The lowest BCUT2D eigenvalue weighted by Crippen LogP contribution is -2.27. The summed E-state index contributed by atoms with van der Waals surface area (Å²) in [5.41, 5.74) is 10.7. The molecule has 0 spiro atoms. The molecule has 0 radical (unpaired) electrons. The molecule has 56 valence electrons. The highest BCUT2D eigenvalue weighted by Gasteiger charge is 1.98. The zero-order valence-electron chi connectivity index (χ0n) is 5.22. The van der Waals surface area contributed by atoms with Crippen LogP contribution in [0.5, 0.6) is 0 Å². The maximum atomic E-state index is 5.34. The summed E-state index contributed by atoms with van der Waals surface area (Å²) in [6.45, 7) is 3.25. The van der Waals surface area contributed by atoms with Gasteiger partial charge < -0.3 is 11.5 Å². The van der Waals surface area contributed by atoms with Crippen molar-refractivity contribution in [2.45, 2.75) is 0 Å². The summed E-state index contributed by atoms with van der Waals surface area (Å²) in [5, 5.41) is 0. The molecule has 0 amide bonds. The van der Waals surface area contributed by atoms with E-state index in [1.807, 2.05) is 0 Å². The monoisotopic (exact) mass is 261 g/mol. The van der Waals surface area contributed by atoms with E-state index in [1.54, 1.807) is 9.12 Å². The van der Waals surface area contributed by atoms with Crippen molar-refractivity contribution < 1.29 is 0 Å². The summed E-state index contributed by atoms with van der Waals surface area (Å²) in [6, 6.07) is 0. The van der Waals surface area contributed by atoms with E-state index >= 15 is 0 Å². The summed E-state index contributed by atoms with van der Waals surface area (Å²) in [4.78, 5) is 0. The van der Waals surface area contributed by atoms with Crippen LogP contribution in [0.3, 0.4) is 0 Å². The average Bonchev–Trinajstić information content (AvgIpc) is 1.88. The van der Waals surface area contributed by atoms with Gasteiger partial charge in [-0.15, -0.1) is 0 Å². The van der Waals surface area contributed by atoms with Crippen molar-refractivity contribution in [3.8, 4) is 0 Å². The van der Waals surface area contributed by atoms with Crippen molar-refractivity contribution >= 4 is 30.3 Å². The number of nitrogens with zero attached hydrogens (tertiary/aromatic N) is 1. The lowest BCUT2D eigenvalue weighted by Gasteiger charge is -2.14. The van der Waals surface area contributed by atoms with Gasteiger partial charge in [-0.3, -0.25) is 0 Å². The van der Waals surface area contributed by atoms with Gasteiger partial charge in [0.2, 0.25) is 0 Å². The third-order valence-corrected chi connectivity index (χ3v) is 3.09. The van der Waals surface area contributed by atoms with Crippen LogP contribution < -0.4 is 11.5 Å². The highest BCUT2D eigenvalue weighted by molar-refractivity contribution is 14.2. The van der Waals surface area contributed by atoms with Gasteiger partial charge in [0.15, 0.2) is 0 Å². The molecule has 5 heteroatoms. The molecular weight excluding hydrogens is 249 g/mol.